The maximum absolute atomic E-state index is 14.4. The first-order chi connectivity index (χ1) is 13.4. The van der Waals surface area contributed by atoms with Crippen LogP contribution < -0.4 is 16.2 Å². The summed E-state index contributed by atoms with van der Waals surface area (Å²) in [7, 11) is 1.52. The molecule has 0 saturated heterocycles. The predicted octanol–water partition coefficient (Wildman–Crippen LogP) is 3.13. The third-order valence-electron chi connectivity index (χ3n) is 4.28. The van der Waals surface area contributed by atoms with Crippen LogP contribution in [0.3, 0.4) is 0 Å². The summed E-state index contributed by atoms with van der Waals surface area (Å²) in [6.07, 6.45) is 0.248. The van der Waals surface area contributed by atoms with E-state index in [4.69, 9.17) is 21.5 Å². The summed E-state index contributed by atoms with van der Waals surface area (Å²) >= 11 is 0. The van der Waals surface area contributed by atoms with E-state index in [2.05, 4.69) is 11.1 Å². The molecule has 0 unspecified atom stereocenters. The molecule has 1 amide bonds. The minimum Gasteiger partial charge on any atom is -0.496 e. The summed E-state index contributed by atoms with van der Waals surface area (Å²) in [6, 6.07) is 15.0. The Balaban J connectivity index is 2.24. The van der Waals surface area contributed by atoms with E-state index in [0.717, 1.165) is 5.56 Å². The average Bonchev–Trinajstić information content (AvgIpc) is 2.68. The second-order valence-corrected chi connectivity index (χ2v) is 6.07. The molecule has 0 aliphatic carbocycles. The molecule has 3 aromatic rings. The van der Waals surface area contributed by atoms with Crippen LogP contribution in [-0.4, -0.2) is 19.0 Å². The van der Waals surface area contributed by atoms with E-state index < -0.39 is 11.7 Å². The van der Waals surface area contributed by atoms with Gasteiger partial charge in [-0.05, 0) is 40.8 Å². The number of guanidine groups is 1. The molecule has 3 aromatic carbocycles. The molecule has 0 heterocycles. The van der Waals surface area contributed by atoms with E-state index in [-0.39, 0.29) is 17.9 Å². The molecule has 0 aromatic heterocycles. The number of nitrogens with two attached hydrogens (primary N) is 2. The molecule has 0 fully saturated rings. The number of hydrogen-bond donors (Lipinski definition) is 2. The van der Waals surface area contributed by atoms with Gasteiger partial charge in [0.25, 0.3) is 5.91 Å². The van der Waals surface area contributed by atoms with E-state index in [0.29, 0.717) is 27.6 Å². The van der Waals surface area contributed by atoms with Crippen LogP contribution >= 0.6 is 0 Å². The fourth-order valence-corrected chi connectivity index (χ4v) is 3.02. The molecule has 7 heteroatoms. The molecular weight excluding hydrogens is 359 g/mol. The number of nitrogens with zero attached hydrogens (tertiary/aromatic N) is 2. The standard InChI is InChI=1S/C21H17FN4O2/c1-28-19-10-12(8-9-23)2-4-16(19)14-6-7-18(22)15-5-3-13(11-17(14)15)20(27)26-21(24)25/h2-7,10-11H,8H2,1H3,(H4,24,25,26,27). The molecule has 0 radical (unpaired) electrons. The van der Waals surface area contributed by atoms with Crippen molar-refractivity contribution >= 4 is 22.6 Å². The van der Waals surface area contributed by atoms with Crippen LogP contribution in [0, 0.1) is 17.1 Å². The molecule has 0 saturated carbocycles. The van der Waals surface area contributed by atoms with E-state index in [9.17, 15) is 9.18 Å². The summed E-state index contributed by atoms with van der Waals surface area (Å²) < 4.78 is 19.8. The van der Waals surface area contributed by atoms with Crippen LogP contribution in [0.15, 0.2) is 53.5 Å². The summed E-state index contributed by atoms with van der Waals surface area (Å²) in [5.74, 6) is -0.839. The van der Waals surface area contributed by atoms with Gasteiger partial charge in [0, 0.05) is 16.5 Å². The third kappa shape index (κ3) is 3.62. The maximum Gasteiger partial charge on any atom is 0.280 e. The molecule has 0 bridgehead atoms. The molecule has 28 heavy (non-hydrogen) atoms. The number of hydrogen-bond acceptors (Lipinski definition) is 3. The van der Waals surface area contributed by atoms with Gasteiger partial charge < -0.3 is 16.2 Å². The van der Waals surface area contributed by atoms with Gasteiger partial charge in [-0.3, -0.25) is 4.79 Å². The Hall–Kier alpha value is -3.92. The second-order valence-electron chi connectivity index (χ2n) is 6.07. The highest BCUT2D eigenvalue weighted by Gasteiger charge is 2.15. The van der Waals surface area contributed by atoms with E-state index in [1.165, 1.54) is 25.3 Å². The Bertz CT molecular complexity index is 1150. The number of methoxy groups -OCH3 is 1. The first-order valence-corrected chi connectivity index (χ1v) is 8.35. The van der Waals surface area contributed by atoms with Crippen LogP contribution in [0.1, 0.15) is 15.9 Å². The highest BCUT2D eigenvalue weighted by atomic mass is 19.1. The summed E-state index contributed by atoms with van der Waals surface area (Å²) in [4.78, 5) is 15.7. The Morgan fingerprint density at radius 3 is 2.54 bits per heavy atom. The van der Waals surface area contributed by atoms with E-state index in [1.54, 1.807) is 18.2 Å². The summed E-state index contributed by atoms with van der Waals surface area (Å²) in [6.45, 7) is 0. The molecular formula is C21H17FN4O2. The number of halogens is 1. The highest BCUT2D eigenvalue weighted by Crippen LogP contribution is 2.37. The summed E-state index contributed by atoms with van der Waals surface area (Å²) in [5, 5.41) is 9.76. The fourth-order valence-electron chi connectivity index (χ4n) is 3.02. The number of ether oxygens (including phenoxy) is 1. The number of carbonyl (C=O) groups is 1. The first kappa shape index (κ1) is 18.9. The van der Waals surface area contributed by atoms with Crippen LogP contribution in [0.2, 0.25) is 0 Å². The number of fused-ring (bicyclic) bond motifs is 1. The van der Waals surface area contributed by atoms with Gasteiger partial charge in [0.1, 0.15) is 11.6 Å². The lowest BCUT2D eigenvalue weighted by Gasteiger charge is -2.13. The minimum atomic E-state index is -0.617. The quantitative estimate of drug-likeness (QED) is 0.536. The number of nitriles is 1. The molecule has 0 atom stereocenters. The van der Waals surface area contributed by atoms with Crippen LogP contribution in [-0.2, 0) is 6.42 Å². The number of aliphatic imine (C=N–C) groups is 1. The Morgan fingerprint density at radius 1 is 1.11 bits per heavy atom. The van der Waals surface area contributed by atoms with Gasteiger partial charge in [0.05, 0.1) is 19.6 Å². The van der Waals surface area contributed by atoms with E-state index >= 15 is 0 Å². The molecule has 4 N–H and O–H groups in total. The van der Waals surface area contributed by atoms with Crippen LogP contribution in [0.4, 0.5) is 4.39 Å². The predicted molar refractivity (Wildman–Crippen MR) is 105 cm³/mol. The topological polar surface area (TPSA) is 114 Å². The van der Waals surface area contributed by atoms with Gasteiger partial charge in [-0.2, -0.15) is 10.3 Å². The van der Waals surface area contributed by atoms with Crippen molar-refractivity contribution in [2.24, 2.45) is 16.5 Å². The molecule has 140 valence electrons. The lowest BCUT2D eigenvalue weighted by Crippen LogP contribution is -2.24. The number of carbonyl (C=O) groups excluding carboxylic acids is 1. The molecule has 6 nitrogen and oxygen atoms in total. The van der Waals surface area contributed by atoms with E-state index in [1.807, 2.05) is 12.1 Å². The van der Waals surface area contributed by atoms with Gasteiger partial charge in [0.15, 0.2) is 5.96 Å². The number of benzene rings is 3. The lowest BCUT2D eigenvalue weighted by atomic mass is 9.94. The fraction of sp³-hybridized carbons (Fsp3) is 0.0952. The largest absolute Gasteiger partial charge is 0.496 e. The van der Waals surface area contributed by atoms with Gasteiger partial charge >= 0.3 is 0 Å². The Labute approximate surface area is 160 Å². The third-order valence-corrected chi connectivity index (χ3v) is 4.28. The Kier molecular flexibility index (Phi) is 5.23. The molecule has 0 aliphatic rings. The minimum absolute atomic E-state index is 0.229. The monoisotopic (exact) mass is 376 g/mol. The van der Waals surface area contributed by atoms with Gasteiger partial charge in [0.2, 0.25) is 0 Å². The Morgan fingerprint density at radius 2 is 1.86 bits per heavy atom. The smallest absolute Gasteiger partial charge is 0.280 e. The van der Waals surface area contributed by atoms with Gasteiger partial charge in [-0.25, -0.2) is 4.39 Å². The van der Waals surface area contributed by atoms with Crippen molar-refractivity contribution in [3.8, 4) is 22.9 Å². The zero-order valence-electron chi connectivity index (χ0n) is 15.1. The molecule has 0 aliphatic heterocycles. The molecule has 3 rings (SSSR count). The summed E-state index contributed by atoms with van der Waals surface area (Å²) in [5.41, 5.74) is 13.0. The van der Waals surface area contributed by atoms with Gasteiger partial charge in [-0.1, -0.05) is 24.3 Å². The van der Waals surface area contributed by atoms with Crippen LogP contribution in [0.25, 0.3) is 21.9 Å². The lowest BCUT2D eigenvalue weighted by molar-refractivity contribution is 0.100. The van der Waals surface area contributed by atoms with Crippen molar-refractivity contribution in [3.05, 3.63) is 65.5 Å². The first-order valence-electron chi connectivity index (χ1n) is 8.35. The van der Waals surface area contributed by atoms with Crippen molar-refractivity contribution in [2.45, 2.75) is 6.42 Å². The van der Waals surface area contributed by atoms with Crippen LogP contribution in [0.5, 0.6) is 5.75 Å². The number of amides is 1. The van der Waals surface area contributed by atoms with Crippen molar-refractivity contribution < 1.29 is 13.9 Å². The number of rotatable bonds is 4. The van der Waals surface area contributed by atoms with Crippen molar-refractivity contribution in [1.82, 2.24) is 0 Å². The average molecular weight is 376 g/mol. The van der Waals surface area contributed by atoms with Crippen molar-refractivity contribution in [2.75, 3.05) is 7.11 Å². The SMILES string of the molecule is COc1cc(CC#N)ccc1-c1ccc(F)c2ccc(C(=O)N=C(N)N)cc12. The highest BCUT2D eigenvalue weighted by molar-refractivity contribution is 6.07. The molecule has 0 spiro atoms. The van der Waals surface area contributed by atoms with Gasteiger partial charge in [-0.15, -0.1) is 0 Å². The van der Waals surface area contributed by atoms with Crippen molar-refractivity contribution in [1.29, 1.82) is 5.26 Å². The zero-order valence-corrected chi connectivity index (χ0v) is 15.1. The second kappa shape index (κ2) is 7.76. The maximum atomic E-state index is 14.4. The van der Waals surface area contributed by atoms with Crippen molar-refractivity contribution in [3.63, 3.8) is 0 Å². The normalized spacial score (nSPS) is 10.3. The zero-order chi connectivity index (χ0) is 20.3.